The molecule has 4 heteroatoms. The van der Waals surface area contributed by atoms with Crippen LogP contribution in [0.25, 0.3) is 0 Å². The lowest BCUT2D eigenvalue weighted by Gasteiger charge is -2.17. The van der Waals surface area contributed by atoms with Gasteiger partial charge in [0.25, 0.3) is 0 Å². The molecule has 0 unspecified atom stereocenters. The van der Waals surface area contributed by atoms with Crippen molar-refractivity contribution < 1.29 is 0 Å². The molecule has 0 bridgehead atoms. The summed E-state index contributed by atoms with van der Waals surface area (Å²) >= 11 is 10.9. The summed E-state index contributed by atoms with van der Waals surface area (Å²) in [7, 11) is 2.09. The fourth-order valence-electron chi connectivity index (χ4n) is 2.09. The van der Waals surface area contributed by atoms with Crippen molar-refractivity contribution in [3.63, 3.8) is 0 Å². The minimum atomic E-state index is 0.437. The second kappa shape index (κ2) is 6.84. The lowest BCUT2D eigenvalue weighted by atomic mass is 10.1. The highest BCUT2D eigenvalue weighted by atomic mass is 35.5. The molecule has 0 atom stereocenters. The molecule has 0 saturated heterocycles. The van der Waals surface area contributed by atoms with E-state index in [4.69, 9.17) is 29.6 Å². The van der Waals surface area contributed by atoms with Crippen LogP contribution in [0.1, 0.15) is 16.7 Å². The summed E-state index contributed by atoms with van der Waals surface area (Å²) in [6.45, 7) is 1.72. The van der Waals surface area contributed by atoms with Crippen molar-refractivity contribution in [1.29, 1.82) is 0 Å². The lowest BCUT2D eigenvalue weighted by molar-refractivity contribution is 0.319. The van der Waals surface area contributed by atoms with Gasteiger partial charge in [-0.05, 0) is 36.4 Å². The van der Waals surface area contributed by atoms with E-state index >= 15 is 0 Å². The summed E-state index contributed by atoms with van der Waals surface area (Å²) in [5.41, 5.74) is 9.01. The van der Waals surface area contributed by atoms with E-state index in [2.05, 4.69) is 18.0 Å². The minimum absolute atomic E-state index is 0.437. The molecular formula is C16H17ClN2S. The Labute approximate surface area is 130 Å². The van der Waals surface area contributed by atoms with Crippen molar-refractivity contribution >= 4 is 28.8 Å². The van der Waals surface area contributed by atoms with Crippen molar-refractivity contribution in [2.75, 3.05) is 7.05 Å². The standard InChI is InChI=1S/C16H17ClN2S/c1-19(10-12-5-7-15(17)8-6-12)11-13-3-2-4-14(9-13)16(18)20/h2-9H,10-11H2,1H3,(H2,18,20). The van der Waals surface area contributed by atoms with E-state index in [-0.39, 0.29) is 0 Å². The zero-order valence-electron chi connectivity index (χ0n) is 11.3. The summed E-state index contributed by atoms with van der Waals surface area (Å²) in [6.07, 6.45) is 0. The largest absolute Gasteiger partial charge is 0.389 e. The van der Waals surface area contributed by atoms with Crippen LogP contribution in [0, 0.1) is 0 Å². The number of thiocarbonyl (C=S) groups is 1. The van der Waals surface area contributed by atoms with Crippen LogP contribution in [0.15, 0.2) is 48.5 Å². The van der Waals surface area contributed by atoms with Gasteiger partial charge in [-0.2, -0.15) is 0 Å². The van der Waals surface area contributed by atoms with Gasteiger partial charge in [0.15, 0.2) is 0 Å². The topological polar surface area (TPSA) is 29.3 Å². The Morgan fingerprint density at radius 3 is 2.40 bits per heavy atom. The van der Waals surface area contributed by atoms with Crippen LogP contribution >= 0.6 is 23.8 Å². The molecule has 0 fully saturated rings. The van der Waals surface area contributed by atoms with E-state index in [1.165, 1.54) is 11.1 Å². The van der Waals surface area contributed by atoms with Crippen molar-refractivity contribution in [2.24, 2.45) is 5.73 Å². The minimum Gasteiger partial charge on any atom is -0.389 e. The first-order valence-electron chi connectivity index (χ1n) is 6.36. The van der Waals surface area contributed by atoms with Crippen molar-refractivity contribution in [3.8, 4) is 0 Å². The van der Waals surface area contributed by atoms with Gasteiger partial charge in [-0.15, -0.1) is 0 Å². The van der Waals surface area contributed by atoms with Crippen LogP contribution in [-0.2, 0) is 13.1 Å². The van der Waals surface area contributed by atoms with Gasteiger partial charge in [-0.25, -0.2) is 0 Å². The highest BCUT2D eigenvalue weighted by Gasteiger charge is 2.04. The van der Waals surface area contributed by atoms with Gasteiger partial charge in [-0.1, -0.05) is 54.2 Å². The average molecular weight is 305 g/mol. The maximum absolute atomic E-state index is 5.89. The van der Waals surface area contributed by atoms with Gasteiger partial charge in [-0.3, -0.25) is 4.90 Å². The zero-order valence-corrected chi connectivity index (χ0v) is 12.9. The first-order valence-corrected chi connectivity index (χ1v) is 7.15. The van der Waals surface area contributed by atoms with E-state index < -0.39 is 0 Å². The van der Waals surface area contributed by atoms with E-state index in [0.29, 0.717) is 4.99 Å². The molecule has 0 aliphatic carbocycles. The maximum Gasteiger partial charge on any atom is 0.103 e. The highest BCUT2D eigenvalue weighted by Crippen LogP contribution is 2.13. The molecule has 0 aromatic heterocycles. The summed E-state index contributed by atoms with van der Waals surface area (Å²) in [5.74, 6) is 0. The SMILES string of the molecule is CN(Cc1ccc(Cl)cc1)Cc1cccc(C(N)=S)c1. The number of nitrogens with zero attached hydrogens (tertiary/aromatic N) is 1. The molecular weight excluding hydrogens is 288 g/mol. The lowest BCUT2D eigenvalue weighted by Crippen LogP contribution is -2.18. The maximum atomic E-state index is 5.89. The highest BCUT2D eigenvalue weighted by molar-refractivity contribution is 7.80. The van der Waals surface area contributed by atoms with E-state index in [1.807, 2.05) is 42.5 Å². The Kier molecular flexibility index (Phi) is 5.12. The Morgan fingerprint density at radius 1 is 1.10 bits per heavy atom. The summed E-state index contributed by atoms with van der Waals surface area (Å²) < 4.78 is 0. The van der Waals surface area contributed by atoms with E-state index in [9.17, 15) is 0 Å². The Bertz CT molecular complexity index is 596. The van der Waals surface area contributed by atoms with Gasteiger partial charge in [0, 0.05) is 23.7 Å². The molecule has 0 saturated carbocycles. The number of rotatable bonds is 5. The van der Waals surface area contributed by atoms with Gasteiger partial charge >= 0.3 is 0 Å². The van der Waals surface area contributed by atoms with Crippen LogP contribution < -0.4 is 5.73 Å². The summed E-state index contributed by atoms with van der Waals surface area (Å²) in [5, 5.41) is 0.764. The molecule has 0 spiro atoms. The number of hydrogen-bond donors (Lipinski definition) is 1. The Balaban J connectivity index is 2.00. The molecule has 2 aromatic carbocycles. The molecule has 0 aliphatic rings. The number of halogens is 1. The second-order valence-electron chi connectivity index (χ2n) is 4.86. The zero-order chi connectivity index (χ0) is 14.5. The molecule has 2 nitrogen and oxygen atoms in total. The Hall–Kier alpha value is -1.42. The van der Waals surface area contributed by atoms with Crippen LogP contribution in [0.2, 0.25) is 5.02 Å². The molecule has 2 aromatic rings. The average Bonchev–Trinajstić information content (AvgIpc) is 2.41. The molecule has 2 rings (SSSR count). The molecule has 0 radical (unpaired) electrons. The fraction of sp³-hybridized carbons (Fsp3) is 0.188. The quantitative estimate of drug-likeness (QED) is 0.856. The molecule has 2 N–H and O–H groups in total. The van der Waals surface area contributed by atoms with Crippen molar-refractivity contribution in [3.05, 3.63) is 70.2 Å². The third-order valence-corrected chi connectivity index (χ3v) is 3.52. The van der Waals surface area contributed by atoms with Gasteiger partial charge in [0.1, 0.15) is 4.99 Å². The molecule has 104 valence electrons. The van der Waals surface area contributed by atoms with Gasteiger partial charge in [0.2, 0.25) is 0 Å². The smallest absolute Gasteiger partial charge is 0.103 e. The third-order valence-electron chi connectivity index (χ3n) is 3.03. The van der Waals surface area contributed by atoms with Crippen LogP contribution in [0.5, 0.6) is 0 Å². The molecule has 20 heavy (non-hydrogen) atoms. The first kappa shape index (κ1) is 15.0. The first-order chi connectivity index (χ1) is 9.54. The second-order valence-corrected chi connectivity index (χ2v) is 5.74. The van der Waals surface area contributed by atoms with Gasteiger partial charge < -0.3 is 5.73 Å². The number of hydrogen-bond acceptors (Lipinski definition) is 2. The predicted octanol–water partition coefficient (Wildman–Crippen LogP) is 3.61. The van der Waals surface area contributed by atoms with Gasteiger partial charge in [0.05, 0.1) is 0 Å². The fourth-order valence-corrected chi connectivity index (χ4v) is 2.34. The molecule has 0 amide bonds. The molecule has 0 heterocycles. The van der Waals surface area contributed by atoms with Crippen molar-refractivity contribution in [2.45, 2.75) is 13.1 Å². The number of benzene rings is 2. The van der Waals surface area contributed by atoms with Crippen LogP contribution in [-0.4, -0.2) is 16.9 Å². The number of nitrogens with two attached hydrogens (primary N) is 1. The van der Waals surface area contributed by atoms with E-state index in [1.54, 1.807) is 0 Å². The van der Waals surface area contributed by atoms with Crippen LogP contribution in [0.4, 0.5) is 0 Å². The van der Waals surface area contributed by atoms with Crippen LogP contribution in [0.3, 0.4) is 0 Å². The predicted molar refractivity (Wildman–Crippen MR) is 89.0 cm³/mol. The summed E-state index contributed by atoms with van der Waals surface area (Å²) in [6, 6.07) is 16.0. The van der Waals surface area contributed by atoms with E-state index in [0.717, 1.165) is 23.7 Å². The normalized spacial score (nSPS) is 10.8. The Morgan fingerprint density at radius 2 is 1.75 bits per heavy atom. The molecule has 0 aliphatic heterocycles. The van der Waals surface area contributed by atoms with Crippen molar-refractivity contribution in [1.82, 2.24) is 4.90 Å². The third kappa shape index (κ3) is 4.30. The summed E-state index contributed by atoms with van der Waals surface area (Å²) in [4.78, 5) is 2.68. The monoisotopic (exact) mass is 304 g/mol.